The molecule has 0 aliphatic heterocycles. The molecule has 3 aromatic rings. The fraction of sp³-hybridized carbons (Fsp3) is 0. The molecule has 2 heterocycles. The van der Waals surface area contributed by atoms with E-state index in [-0.39, 0.29) is 5.43 Å². The van der Waals surface area contributed by atoms with Crippen LogP contribution in [-0.2, 0) is 0 Å². The SMILES string of the molecule is O=c1cc(-c2ccc(Cl)cc2)oc(-c2ccco2)c1. The molecule has 4 heteroatoms. The molecule has 0 spiro atoms. The van der Waals surface area contributed by atoms with E-state index in [1.807, 2.05) is 0 Å². The maximum atomic E-state index is 11.7. The molecule has 3 nitrogen and oxygen atoms in total. The topological polar surface area (TPSA) is 43.4 Å². The van der Waals surface area contributed by atoms with E-state index in [0.717, 1.165) is 5.56 Å². The van der Waals surface area contributed by atoms with Gasteiger partial charge in [-0.1, -0.05) is 11.6 Å². The first-order chi connectivity index (χ1) is 9.22. The minimum Gasteiger partial charge on any atom is -0.461 e. The number of rotatable bonds is 2. The number of hydrogen-bond acceptors (Lipinski definition) is 3. The van der Waals surface area contributed by atoms with Crippen LogP contribution in [0.15, 0.2) is 68.4 Å². The monoisotopic (exact) mass is 272 g/mol. The van der Waals surface area contributed by atoms with Gasteiger partial charge in [-0.25, -0.2) is 0 Å². The smallest absolute Gasteiger partial charge is 0.186 e. The summed E-state index contributed by atoms with van der Waals surface area (Å²) in [6.07, 6.45) is 1.53. The minimum absolute atomic E-state index is 0.136. The Bertz CT molecular complexity index is 740. The average Bonchev–Trinajstić information content (AvgIpc) is 2.93. The van der Waals surface area contributed by atoms with Crippen molar-refractivity contribution in [2.75, 3.05) is 0 Å². The van der Waals surface area contributed by atoms with Crippen molar-refractivity contribution >= 4 is 11.6 Å². The van der Waals surface area contributed by atoms with E-state index in [0.29, 0.717) is 22.3 Å². The summed E-state index contributed by atoms with van der Waals surface area (Å²) in [6.45, 7) is 0. The van der Waals surface area contributed by atoms with E-state index in [4.69, 9.17) is 20.4 Å². The van der Waals surface area contributed by atoms with Crippen LogP contribution in [0.4, 0.5) is 0 Å². The molecule has 0 saturated heterocycles. The van der Waals surface area contributed by atoms with E-state index in [1.165, 1.54) is 18.4 Å². The fourth-order valence-corrected chi connectivity index (χ4v) is 1.90. The number of furan rings is 1. The van der Waals surface area contributed by atoms with Crippen molar-refractivity contribution in [2.45, 2.75) is 0 Å². The van der Waals surface area contributed by atoms with Crippen LogP contribution in [0.1, 0.15) is 0 Å². The number of halogens is 1. The molecule has 1 aromatic carbocycles. The first-order valence-corrected chi connectivity index (χ1v) is 6.05. The van der Waals surface area contributed by atoms with Crippen LogP contribution < -0.4 is 5.43 Å². The molecule has 0 unspecified atom stereocenters. The molecule has 3 rings (SSSR count). The van der Waals surface area contributed by atoms with Gasteiger partial charge in [0.25, 0.3) is 0 Å². The van der Waals surface area contributed by atoms with Gasteiger partial charge in [0.15, 0.2) is 16.9 Å². The van der Waals surface area contributed by atoms with Gasteiger partial charge in [-0.15, -0.1) is 0 Å². The predicted molar refractivity (Wildman–Crippen MR) is 73.1 cm³/mol. The largest absolute Gasteiger partial charge is 0.461 e. The fourth-order valence-electron chi connectivity index (χ4n) is 1.77. The zero-order valence-corrected chi connectivity index (χ0v) is 10.6. The normalized spacial score (nSPS) is 10.6. The van der Waals surface area contributed by atoms with Crippen molar-refractivity contribution in [3.8, 4) is 22.8 Å². The molecule has 0 saturated carbocycles. The highest BCUT2D eigenvalue weighted by atomic mass is 35.5. The summed E-state index contributed by atoms with van der Waals surface area (Å²) in [7, 11) is 0. The maximum Gasteiger partial charge on any atom is 0.186 e. The minimum atomic E-state index is -0.136. The lowest BCUT2D eigenvalue weighted by Gasteiger charge is -2.03. The molecule has 0 aliphatic rings. The molecule has 0 aliphatic carbocycles. The molecule has 0 fully saturated rings. The third-order valence-corrected chi connectivity index (χ3v) is 2.91. The standard InChI is InChI=1S/C15H9ClO3/c16-11-5-3-10(4-6-11)14-8-12(17)9-15(19-14)13-2-1-7-18-13/h1-9H. The molecule has 0 bridgehead atoms. The van der Waals surface area contributed by atoms with Gasteiger partial charge in [-0.2, -0.15) is 0 Å². The van der Waals surface area contributed by atoms with E-state index in [1.54, 1.807) is 36.4 Å². The van der Waals surface area contributed by atoms with Crippen molar-refractivity contribution in [3.63, 3.8) is 0 Å². The van der Waals surface area contributed by atoms with Crippen LogP contribution in [0.2, 0.25) is 5.02 Å². The van der Waals surface area contributed by atoms with Gasteiger partial charge in [0.1, 0.15) is 5.76 Å². The van der Waals surface area contributed by atoms with E-state index < -0.39 is 0 Å². The second-order valence-electron chi connectivity index (χ2n) is 4.01. The van der Waals surface area contributed by atoms with Crippen LogP contribution in [-0.4, -0.2) is 0 Å². The highest BCUT2D eigenvalue weighted by Gasteiger charge is 2.08. The summed E-state index contributed by atoms with van der Waals surface area (Å²) in [5.41, 5.74) is 0.650. The highest BCUT2D eigenvalue weighted by Crippen LogP contribution is 2.25. The van der Waals surface area contributed by atoms with Gasteiger partial charge in [0, 0.05) is 22.7 Å². The van der Waals surface area contributed by atoms with Crippen LogP contribution >= 0.6 is 11.6 Å². The zero-order valence-electron chi connectivity index (χ0n) is 9.80. The van der Waals surface area contributed by atoms with Crippen LogP contribution in [0.3, 0.4) is 0 Å². The summed E-state index contributed by atoms with van der Waals surface area (Å²) in [6, 6.07) is 13.4. The Balaban J connectivity index is 2.12. The second-order valence-corrected chi connectivity index (χ2v) is 4.44. The Labute approximate surface area is 114 Å². The molecule has 0 amide bonds. The van der Waals surface area contributed by atoms with Crippen molar-refractivity contribution < 1.29 is 8.83 Å². The number of benzene rings is 1. The summed E-state index contributed by atoms with van der Waals surface area (Å²) in [4.78, 5) is 11.7. The number of hydrogen-bond donors (Lipinski definition) is 0. The molecule has 94 valence electrons. The zero-order chi connectivity index (χ0) is 13.2. The summed E-state index contributed by atoms with van der Waals surface area (Å²) < 4.78 is 10.9. The molecule has 0 radical (unpaired) electrons. The lowest BCUT2D eigenvalue weighted by atomic mass is 10.1. The van der Waals surface area contributed by atoms with Crippen LogP contribution in [0, 0.1) is 0 Å². The third kappa shape index (κ3) is 2.46. The van der Waals surface area contributed by atoms with Crippen LogP contribution in [0.25, 0.3) is 22.8 Å². The lowest BCUT2D eigenvalue weighted by Crippen LogP contribution is -1.98. The van der Waals surface area contributed by atoms with E-state index in [2.05, 4.69) is 0 Å². The Morgan fingerprint density at radius 1 is 0.895 bits per heavy atom. The molecule has 0 N–H and O–H groups in total. The molecule has 2 aromatic heterocycles. The molecule has 0 atom stereocenters. The van der Waals surface area contributed by atoms with Crippen molar-refractivity contribution in [3.05, 3.63) is 70.0 Å². The molecular formula is C15H9ClO3. The lowest BCUT2D eigenvalue weighted by molar-refractivity contribution is 0.522. The first kappa shape index (κ1) is 11.8. The summed E-state index contributed by atoms with van der Waals surface area (Å²) in [5, 5.41) is 0.633. The van der Waals surface area contributed by atoms with E-state index in [9.17, 15) is 4.79 Å². The average molecular weight is 273 g/mol. The van der Waals surface area contributed by atoms with E-state index >= 15 is 0 Å². The van der Waals surface area contributed by atoms with Gasteiger partial charge in [0.05, 0.1) is 6.26 Å². The van der Waals surface area contributed by atoms with Gasteiger partial charge >= 0.3 is 0 Å². The second kappa shape index (κ2) is 4.78. The van der Waals surface area contributed by atoms with Crippen molar-refractivity contribution in [1.82, 2.24) is 0 Å². The highest BCUT2D eigenvalue weighted by molar-refractivity contribution is 6.30. The maximum absolute atomic E-state index is 11.7. The van der Waals surface area contributed by atoms with Gasteiger partial charge in [-0.05, 0) is 36.4 Å². The van der Waals surface area contributed by atoms with Crippen LogP contribution in [0.5, 0.6) is 0 Å². The predicted octanol–water partition coefficient (Wildman–Crippen LogP) is 4.22. The summed E-state index contributed by atoms with van der Waals surface area (Å²) >= 11 is 5.84. The Kier molecular flexibility index (Phi) is 2.97. The molecule has 19 heavy (non-hydrogen) atoms. The first-order valence-electron chi connectivity index (χ1n) is 5.67. The summed E-state index contributed by atoms with van der Waals surface area (Å²) in [5.74, 6) is 1.41. The van der Waals surface area contributed by atoms with Crippen molar-refractivity contribution in [1.29, 1.82) is 0 Å². The third-order valence-electron chi connectivity index (χ3n) is 2.66. The Morgan fingerprint density at radius 3 is 2.32 bits per heavy atom. The quantitative estimate of drug-likeness (QED) is 0.701. The van der Waals surface area contributed by atoms with Gasteiger partial charge in [-0.3, -0.25) is 4.79 Å². The van der Waals surface area contributed by atoms with Gasteiger partial charge in [0.2, 0.25) is 0 Å². The van der Waals surface area contributed by atoms with Gasteiger partial charge < -0.3 is 8.83 Å². The Morgan fingerprint density at radius 2 is 1.63 bits per heavy atom. The Hall–Kier alpha value is -2.26. The molecular weight excluding hydrogens is 264 g/mol. The van der Waals surface area contributed by atoms with Crippen molar-refractivity contribution in [2.24, 2.45) is 0 Å².